The summed E-state index contributed by atoms with van der Waals surface area (Å²) in [6.07, 6.45) is 1.66. The molecule has 30 heavy (non-hydrogen) atoms. The van der Waals surface area contributed by atoms with Gasteiger partial charge in [-0.15, -0.1) is 0 Å². The number of carbonyl (C=O) groups excluding carboxylic acids is 1. The Hall–Kier alpha value is -3.40. The van der Waals surface area contributed by atoms with Gasteiger partial charge in [0.05, 0.1) is 11.0 Å². The highest BCUT2D eigenvalue weighted by atomic mass is 16.1. The van der Waals surface area contributed by atoms with Crippen LogP contribution in [0.3, 0.4) is 0 Å². The van der Waals surface area contributed by atoms with Gasteiger partial charge < -0.3 is 9.88 Å². The minimum Gasteiger partial charge on any atom is -0.352 e. The first kappa shape index (κ1) is 19.9. The summed E-state index contributed by atoms with van der Waals surface area (Å²) in [5.41, 5.74) is 6.74. The van der Waals surface area contributed by atoms with Crippen molar-refractivity contribution < 1.29 is 4.79 Å². The third-order valence-corrected chi connectivity index (χ3v) is 5.47. The molecule has 0 aliphatic heterocycles. The smallest absolute Gasteiger partial charge is 0.251 e. The standard InChI is InChI=1S/C26H27N3O/c1-19-14-15-20(2)22(17-19)18-29-24-12-7-6-11-23(24)28-25(29)13-8-16-27-26(30)21-9-4-3-5-10-21/h3-7,9-12,14-15,17H,8,13,16,18H2,1-2H3,(H,27,30). The van der Waals surface area contributed by atoms with Gasteiger partial charge in [-0.2, -0.15) is 0 Å². The van der Waals surface area contributed by atoms with Crippen molar-refractivity contribution in [2.75, 3.05) is 6.54 Å². The van der Waals surface area contributed by atoms with Gasteiger partial charge in [-0.05, 0) is 55.7 Å². The highest BCUT2D eigenvalue weighted by Gasteiger charge is 2.12. The van der Waals surface area contributed by atoms with Crippen molar-refractivity contribution in [2.24, 2.45) is 0 Å². The topological polar surface area (TPSA) is 46.9 Å². The quantitative estimate of drug-likeness (QED) is 0.443. The molecule has 0 saturated carbocycles. The minimum atomic E-state index is -0.0283. The molecule has 1 N–H and O–H groups in total. The number of rotatable bonds is 7. The summed E-state index contributed by atoms with van der Waals surface area (Å²) >= 11 is 0. The average molecular weight is 398 g/mol. The van der Waals surface area contributed by atoms with Gasteiger partial charge in [-0.25, -0.2) is 4.98 Å². The van der Waals surface area contributed by atoms with Crippen LogP contribution in [0.1, 0.15) is 39.3 Å². The van der Waals surface area contributed by atoms with Gasteiger partial charge >= 0.3 is 0 Å². The maximum absolute atomic E-state index is 12.2. The average Bonchev–Trinajstić information content (AvgIpc) is 3.11. The number of benzene rings is 3. The van der Waals surface area contributed by atoms with E-state index in [9.17, 15) is 4.79 Å². The van der Waals surface area contributed by atoms with Crippen molar-refractivity contribution in [3.8, 4) is 0 Å². The Labute approximate surface area is 177 Å². The van der Waals surface area contributed by atoms with Gasteiger partial charge in [-0.3, -0.25) is 4.79 Å². The Morgan fingerprint density at radius 3 is 2.57 bits per heavy atom. The fourth-order valence-electron chi connectivity index (χ4n) is 3.77. The summed E-state index contributed by atoms with van der Waals surface area (Å²) in [6.45, 7) is 5.72. The summed E-state index contributed by atoms with van der Waals surface area (Å²) in [7, 11) is 0. The molecule has 4 heteroatoms. The number of hydrogen-bond acceptors (Lipinski definition) is 2. The number of carbonyl (C=O) groups is 1. The molecular weight excluding hydrogens is 370 g/mol. The third kappa shape index (κ3) is 4.43. The summed E-state index contributed by atoms with van der Waals surface area (Å²) in [5, 5.41) is 3.01. The van der Waals surface area contributed by atoms with Crippen molar-refractivity contribution in [1.29, 1.82) is 0 Å². The van der Waals surface area contributed by atoms with Gasteiger partial charge in [-0.1, -0.05) is 54.1 Å². The van der Waals surface area contributed by atoms with E-state index in [0.29, 0.717) is 12.1 Å². The Morgan fingerprint density at radius 1 is 0.967 bits per heavy atom. The second-order valence-corrected chi connectivity index (χ2v) is 7.76. The van der Waals surface area contributed by atoms with E-state index in [1.54, 1.807) is 0 Å². The van der Waals surface area contributed by atoms with Crippen LogP contribution in [0.5, 0.6) is 0 Å². The SMILES string of the molecule is Cc1ccc(C)c(Cn2c(CCCNC(=O)c3ccccc3)nc3ccccc32)c1. The zero-order valence-corrected chi connectivity index (χ0v) is 17.6. The molecule has 1 aromatic heterocycles. The van der Waals surface area contributed by atoms with Crippen LogP contribution in [0.15, 0.2) is 72.8 Å². The molecule has 0 atom stereocenters. The molecule has 1 amide bonds. The van der Waals surface area contributed by atoms with E-state index < -0.39 is 0 Å². The lowest BCUT2D eigenvalue weighted by molar-refractivity contribution is 0.0953. The van der Waals surface area contributed by atoms with E-state index in [-0.39, 0.29) is 5.91 Å². The van der Waals surface area contributed by atoms with Crippen molar-refractivity contribution in [1.82, 2.24) is 14.9 Å². The fraction of sp³-hybridized carbons (Fsp3) is 0.231. The van der Waals surface area contributed by atoms with Crippen LogP contribution in [-0.2, 0) is 13.0 Å². The van der Waals surface area contributed by atoms with Gasteiger partial charge in [0.1, 0.15) is 5.82 Å². The Morgan fingerprint density at radius 2 is 1.73 bits per heavy atom. The Bertz CT molecular complexity index is 1160. The van der Waals surface area contributed by atoms with Crippen LogP contribution in [0.25, 0.3) is 11.0 Å². The molecule has 4 nitrogen and oxygen atoms in total. The number of hydrogen-bond donors (Lipinski definition) is 1. The van der Waals surface area contributed by atoms with Gasteiger partial charge in [0.2, 0.25) is 0 Å². The molecule has 4 rings (SSSR count). The maximum atomic E-state index is 12.2. The number of nitrogens with one attached hydrogen (secondary N) is 1. The molecular formula is C26H27N3O. The molecule has 0 aliphatic carbocycles. The van der Waals surface area contributed by atoms with Crippen LogP contribution in [0.4, 0.5) is 0 Å². The molecule has 0 radical (unpaired) electrons. The van der Waals surface area contributed by atoms with Crippen LogP contribution in [-0.4, -0.2) is 22.0 Å². The van der Waals surface area contributed by atoms with Crippen LogP contribution in [0.2, 0.25) is 0 Å². The second kappa shape index (κ2) is 8.95. The summed E-state index contributed by atoms with van der Waals surface area (Å²) in [6, 6.07) is 24.2. The lowest BCUT2D eigenvalue weighted by Gasteiger charge is -2.13. The molecule has 0 saturated heterocycles. The van der Waals surface area contributed by atoms with E-state index >= 15 is 0 Å². The second-order valence-electron chi connectivity index (χ2n) is 7.76. The predicted octanol–water partition coefficient (Wildman–Crippen LogP) is 5.06. The van der Waals surface area contributed by atoms with Crippen molar-refractivity contribution in [2.45, 2.75) is 33.2 Å². The monoisotopic (exact) mass is 397 g/mol. The molecule has 1 heterocycles. The van der Waals surface area contributed by atoms with E-state index in [4.69, 9.17) is 4.98 Å². The number of amides is 1. The van der Waals surface area contributed by atoms with E-state index in [2.05, 4.69) is 60.1 Å². The van der Waals surface area contributed by atoms with Crippen molar-refractivity contribution in [3.05, 3.63) is 101 Å². The summed E-state index contributed by atoms with van der Waals surface area (Å²) in [4.78, 5) is 17.1. The lowest BCUT2D eigenvalue weighted by Crippen LogP contribution is -2.24. The number of nitrogens with zero attached hydrogens (tertiary/aromatic N) is 2. The van der Waals surface area contributed by atoms with Crippen molar-refractivity contribution in [3.63, 3.8) is 0 Å². The molecule has 0 unspecified atom stereocenters. The highest BCUT2D eigenvalue weighted by Crippen LogP contribution is 2.21. The predicted molar refractivity (Wildman–Crippen MR) is 122 cm³/mol. The van der Waals surface area contributed by atoms with Crippen molar-refractivity contribution >= 4 is 16.9 Å². The molecule has 0 bridgehead atoms. The zero-order valence-electron chi connectivity index (χ0n) is 17.6. The maximum Gasteiger partial charge on any atom is 0.251 e. The Kier molecular flexibility index (Phi) is 5.94. The number of aryl methyl sites for hydroxylation is 3. The summed E-state index contributed by atoms with van der Waals surface area (Å²) < 4.78 is 2.32. The van der Waals surface area contributed by atoms with Crippen LogP contribution >= 0.6 is 0 Å². The van der Waals surface area contributed by atoms with Crippen LogP contribution < -0.4 is 5.32 Å². The fourth-order valence-corrected chi connectivity index (χ4v) is 3.77. The Balaban J connectivity index is 1.49. The van der Waals surface area contributed by atoms with E-state index in [1.165, 1.54) is 16.7 Å². The normalized spacial score (nSPS) is 11.0. The molecule has 0 aliphatic rings. The molecule has 152 valence electrons. The largest absolute Gasteiger partial charge is 0.352 e. The van der Waals surface area contributed by atoms with Gasteiger partial charge in [0.15, 0.2) is 0 Å². The van der Waals surface area contributed by atoms with Gasteiger partial charge in [0, 0.05) is 25.1 Å². The highest BCUT2D eigenvalue weighted by molar-refractivity contribution is 5.94. The number of fused-ring (bicyclic) bond motifs is 1. The van der Waals surface area contributed by atoms with Gasteiger partial charge in [0.25, 0.3) is 5.91 Å². The number of aromatic nitrogens is 2. The number of para-hydroxylation sites is 2. The molecule has 4 aromatic rings. The van der Waals surface area contributed by atoms with Crippen LogP contribution in [0, 0.1) is 13.8 Å². The van der Waals surface area contributed by atoms with E-state index in [0.717, 1.165) is 36.2 Å². The number of imidazole rings is 1. The minimum absolute atomic E-state index is 0.0283. The molecule has 0 spiro atoms. The first-order valence-corrected chi connectivity index (χ1v) is 10.5. The lowest BCUT2D eigenvalue weighted by atomic mass is 10.1. The zero-order chi connectivity index (χ0) is 20.9. The first-order chi connectivity index (χ1) is 14.6. The molecule has 0 fully saturated rings. The molecule has 3 aromatic carbocycles. The first-order valence-electron chi connectivity index (χ1n) is 10.5. The van der Waals surface area contributed by atoms with E-state index in [1.807, 2.05) is 36.4 Å². The third-order valence-electron chi connectivity index (χ3n) is 5.47. The summed E-state index contributed by atoms with van der Waals surface area (Å²) in [5.74, 6) is 1.03.